The molecule has 0 radical (unpaired) electrons. The number of sulfonamides is 1. The molecule has 0 aliphatic rings. The van der Waals surface area contributed by atoms with Gasteiger partial charge in [-0.2, -0.15) is 0 Å². The molecule has 0 saturated heterocycles. The standard InChI is InChI=1S/C17H22N2O6S/c1-6-25-17(20)15-10(2)16(11(3)18-15)26(21,22)19-13-8-7-12(23-4)9-14(13)24-5/h7-9,18-19H,6H2,1-5H3. The summed E-state index contributed by atoms with van der Waals surface area (Å²) in [6, 6.07) is 4.72. The molecule has 2 aromatic rings. The van der Waals surface area contributed by atoms with Crippen LogP contribution in [0.25, 0.3) is 0 Å². The highest BCUT2D eigenvalue weighted by molar-refractivity contribution is 7.92. The highest BCUT2D eigenvalue weighted by Gasteiger charge is 2.28. The van der Waals surface area contributed by atoms with Crippen LogP contribution in [0.5, 0.6) is 11.5 Å². The lowest BCUT2D eigenvalue weighted by molar-refractivity contribution is 0.0519. The van der Waals surface area contributed by atoms with Gasteiger partial charge >= 0.3 is 5.97 Å². The zero-order chi connectivity index (χ0) is 19.5. The second-order valence-electron chi connectivity index (χ2n) is 5.47. The van der Waals surface area contributed by atoms with Gasteiger partial charge in [-0.15, -0.1) is 0 Å². The second kappa shape index (κ2) is 7.69. The molecule has 142 valence electrons. The van der Waals surface area contributed by atoms with Crippen LogP contribution in [0.15, 0.2) is 23.1 Å². The van der Waals surface area contributed by atoms with Crippen molar-refractivity contribution in [2.45, 2.75) is 25.7 Å². The summed E-state index contributed by atoms with van der Waals surface area (Å²) in [4.78, 5) is 14.8. The molecular weight excluding hydrogens is 360 g/mol. The van der Waals surface area contributed by atoms with E-state index in [-0.39, 0.29) is 22.9 Å². The number of hydrogen-bond donors (Lipinski definition) is 2. The number of rotatable bonds is 7. The number of carbonyl (C=O) groups is 1. The summed E-state index contributed by atoms with van der Waals surface area (Å²) in [5.74, 6) is 0.240. The van der Waals surface area contributed by atoms with Crippen molar-refractivity contribution >= 4 is 21.7 Å². The summed E-state index contributed by atoms with van der Waals surface area (Å²) in [5, 5.41) is 0. The number of esters is 1. The summed E-state index contributed by atoms with van der Waals surface area (Å²) < 4.78 is 43.5. The Bertz CT molecular complexity index is 918. The van der Waals surface area contributed by atoms with Gasteiger partial charge in [-0.3, -0.25) is 4.72 Å². The van der Waals surface area contributed by atoms with E-state index in [1.165, 1.54) is 14.2 Å². The van der Waals surface area contributed by atoms with E-state index in [9.17, 15) is 13.2 Å². The van der Waals surface area contributed by atoms with Gasteiger partial charge in [0, 0.05) is 17.3 Å². The third-order valence-corrected chi connectivity index (χ3v) is 5.41. The molecule has 9 heteroatoms. The van der Waals surface area contributed by atoms with Gasteiger partial charge in [0.25, 0.3) is 10.0 Å². The number of nitrogens with one attached hydrogen (secondary N) is 2. The molecule has 2 rings (SSSR count). The Morgan fingerprint density at radius 3 is 2.46 bits per heavy atom. The van der Waals surface area contributed by atoms with Crippen LogP contribution in [0.1, 0.15) is 28.7 Å². The van der Waals surface area contributed by atoms with E-state index in [2.05, 4.69) is 9.71 Å². The van der Waals surface area contributed by atoms with E-state index in [4.69, 9.17) is 14.2 Å². The Balaban J connectivity index is 2.45. The van der Waals surface area contributed by atoms with Crippen LogP contribution in [0.2, 0.25) is 0 Å². The lowest BCUT2D eigenvalue weighted by Gasteiger charge is -2.13. The number of aromatic amines is 1. The molecule has 0 aliphatic heterocycles. The van der Waals surface area contributed by atoms with E-state index in [0.29, 0.717) is 22.8 Å². The average Bonchev–Trinajstić information content (AvgIpc) is 2.90. The van der Waals surface area contributed by atoms with E-state index in [1.54, 1.807) is 39.0 Å². The van der Waals surface area contributed by atoms with Crippen molar-refractivity contribution in [2.75, 3.05) is 25.5 Å². The van der Waals surface area contributed by atoms with E-state index in [0.717, 1.165) is 0 Å². The largest absolute Gasteiger partial charge is 0.497 e. The first-order valence-electron chi connectivity index (χ1n) is 7.86. The van der Waals surface area contributed by atoms with Crippen molar-refractivity contribution in [3.63, 3.8) is 0 Å². The Labute approximate surface area is 152 Å². The predicted molar refractivity (Wildman–Crippen MR) is 96.6 cm³/mol. The smallest absolute Gasteiger partial charge is 0.355 e. The van der Waals surface area contributed by atoms with Gasteiger partial charge in [0.2, 0.25) is 0 Å². The minimum absolute atomic E-state index is 0.00146. The molecule has 0 unspecified atom stereocenters. The zero-order valence-corrected chi connectivity index (χ0v) is 16.1. The maximum atomic E-state index is 12.9. The molecule has 1 aromatic carbocycles. The maximum absolute atomic E-state index is 12.9. The first kappa shape index (κ1) is 19.6. The molecule has 1 aromatic heterocycles. The fraction of sp³-hybridized carbons (Fsp3) is 0.353. The Morgan fingerprint density at radius 2 is 1.88 bits per heavy atom. The zero-order valence-electron chi connectivity index (χ0n) is 15.3. The number of hydrogen-bond acceptors (Lipinski definition) is 6. The maximum Gasteiger partial charge on any atom is 0.355 e. The Morgan fingerprint density at radius 1 is 1.19 bits per heavy atom. The number of anilines is 1. The van der Waals surface area contributed by atoms with Crippen molar-refractivity contribution in [1.82, 2.24) is 4.98 Å². The van der Waals surface area contributed by atoms with Crippen LogP contribution in [0.4, 0.5) is 5.69 Å². The van der Waals surface area contributed by atoms with Gasteiger partial charge in [-0.05, 0) is 32.9 Å². The third kappa shape index (κ3) is 3.77. The van der Waals surface area contributed by atoms with Crippen molar-refractivity contribution in [2.24, 2.45) is 0 Å². The van der Waals surface area contributed by atoms with Gasteiger partial charge < -0.3 is 19.2 Å². The second-order valence-corrected chi connectivity index (χ2v) is 7.09. The van der Waals surface area contributed by atoms with Crippen molar-refractivity contribution in [1.29, 1.82) is 0 Å². The van der Waals surface area contributed by atoms with E-state index < -0.39 is 16.0 Å². The molecular formula is C17H22N2O6S. The summed E-state index contributed by atoms with van der Waals surface area (Å²) >= 11 is 0. The number of aryl methyl sites for hydroxylation is 1. The van der Waals surface area contributed by atoms with Crippen LogP contribution >= 0.6 is 0 Å². The normalized spacial score (nSPS) is 11.1. The summed E-state index contributed by atoms with van der Waals surface area (Å²) in [7, 11) is -1.03. The van der Waals surface area contributed by atoms with Crippen LogP contribution in [-0.2, 0) is 14.8 Å². The van der Waals surface area contributed by atoms with Gasteiger partial charge in [0.15, 0.2) is 0 Å². The van der Waals surface area contributed by atoms with Crippen molar-refractivity contribution < 1.29 is 27.4 Å². The molecule has 0 aliphatic carbocycles. The fourth-order valence-electron chi connectivity index (χ4n) is 2.62. The van der Waals surface area contributed by atoms with Crippen LogP contribution in [-0.4, -0.2) is 40.2 Å². The van der Waals surface area contributed by atoms with E-state index >= 15 is 0 Å². The number of H-pyrrole nitrogens is 1. The fourth-order valence-corrected chi connectivity index (χ4v) is 4.14. The molecule has 26 heavy (non-hydrogen) atoms. The molecule has 0 saturated carbocycles. The number of ether oxygens (including phenoxy) is 3. The van der Waals surface area contributed by atoms with Crippen LogP contribution in [0.3, 0.4) is 0 Å². The molecule has 1 heterocycles. The molecule has 0 fully saturated rings. The molecule has 0 amide bonds. The topological polar surface area (TPSA) is 107 Å². The molecule has 0 atom stereocenters. The predicted octanol–water partition coefficient (Wildman–Crippen LogP) is 2.63. The Hall–Kier alpha value is -2.68. The number of methoxy groups -OCH3 is 2. The lowest BCUT2D eigenvalue weighted by atomic mass is 10.2. The molecule has 0 bridgehead atoms. The number of aromatic nitrogens is 1. The molecule has 0 spiro atoms. The molecule has 8 nitrogen and oxygen atoms in total. The van der Waals surface area contributed by atoms with Crippen molar-refractivity contribution in [3.05, 3.63) is 35.2 Å². The monoisotopic (exact) mass is 382 g/mol. The highest BCUT2D eigenvalue weighted by Crippen LogP contribution is 2.32. The average molecular weight is 382 g/mol. The summed E-state index contributed by atoms with van der Waals surface area (Å²) in [6.07, 6.45) is 0. The van der Waals surface area contributed by atoms with Gasteiger partial charge in [-0.25, -0.2) is 13.2 Å². The number of benzene rings is 1. The van der Waals surface area contributed by atoms with Crippen LogP contribution < -0.4 is 14.2 Å². The Kier molecular flexibility index (Phi) is 5.81. The number of carbonyl (C=O) groups excluding carboxylic acids is 1. The first-order valence-corrected chi connectivity index (χ1v) is 9.34. The summed E-state index contributed by atoms with van der Waals surface area (Å²) in [5.41, 5.74) is 1.00. The van der Waals surface area contributed by atoms with E-state index in [1.807, 2.05) is 0 Å². The third-order valence-electron chi connectivity index (χ3n) is 3.77. The quantitative estimate of drug-likeness (QED) is 0.713. The van der Waals surface area contributed by atoms with Gasteiger partial charge in [-0.1, -0.05) is 0 Å². The van der Waals surface area contributed by atoms with Gasteiger partial charge in [0.1, 0.15) is 22.1 Å². The SMILES string of the molecule is CCOC(=O)c1[nH]c(C)c(S(=O)(=O)Nc2ccc(OC)cc2OC)c1C. The molecule has 2 N–H and O–H groups in total. The van der Waals surface area contributed by atoms with Crippen LogP contribution in [0, 0.1) is 13.8 Å². The minimum Gasteiger partial charge on any atom is -0.497 e. The summed E-state index contributed by atoms with van der Waals surface area (Å²) in [6.45, 7) is 5.00. The lowest BCUT2D eigenvalue weighted by Crippen LogP contribution is -2.15. The minimum atomic E-state index is -3.96. The van der Waals surface area contributed by atoms with Gasteiger partial charge in [0.05, 0.1) is 26.5 Å². The first-order chi connectivity index (χ1) is 12.2. The highest BCUT2D eigenvalue weighted by atomic mass is 32.2. The van der Waals surface area contributed by atoms with Crippen molar-refractivity contribution in [3.8, 4) is 11.5 Å².